The maximum atomic E-state index is 13.4. The number of carbonyl (C=O) groups is 1. The number of carbonyl (C=O) groups excluding carboxylic acids is 1. The van der Waals surface area contributed by atoms with Crippen molar-refractivity contribution in [2.75, 3.05) is 0 Å². The first-order chi connectivity index (χ1) is 11.6. The van der Waals surface area contributed by atoms with Crippen molar-refractivity contribution >= 4 is 5.91 Å². The number of hydrogen-bond acceptors (Lipinski definition) is 2. The molecule has 2 unspecified atom stereocenters. The minimum Gasteiger partial charge on any atom is -0.335 e. The van der Waals surface area contributed by atoms with Crippen LogP contribution in [0.15, 0.2) is 54.6 Å². The summed E-state index contributed by atoms with van der Waals surface area (Å²) in [5, 5.41) is 0. The van der Waals surface area contributed by atoms with Gasteiger partial charge < -0.3 is 10.6 Å². The van der Waals surface area contributed by atoms with Crippen molar-refractivity contribution in [3.8, 4) is 0 Å². The second-order valence-electron chi connectivity index (χ2n) is 6.55. The van der Waals surface area contributed by atoms with Crippen molar-refractivity contribution in [2.24, 2.45) is 11.7 Å². The van der Waals surface area contributed by atoms with E-state index in [1.54, 1.807) is 6.07 Å². The van der Waals surface area contributed by atoms with Gasteiger partial charge in [0.1, 0.15) is 5.82 Å². The highest BCUT2D eigenvalue weighted by molar-refractivity contribution is 5.80. The lowest BCUT2D eigenvalue weighted by Gasteiger charge is -2.29. The van der Waals surface area contributed by atoms with E-state index in [0.29, 0.717) is 6.54 Å². The van der Waals surface area contributed by atoms with Crippen molar-refractivity contribution in [3.05, 3.63) is 71.5 Å². The summed E-state index contributed by atoms with van der Waals surface area (Å²) in [5.41, 5.74) is 8.08. The molecule has 3 nitrogen and oxygen atoms in total. The molecule has 0 heterocycles. The lowest BCUT2D eigenvalue weighted by molar-refractivity contribution is -0.137. The summed E-state index contributed by atoms with van der Waals surface area (Å²) in [6.07, 6.45) is 2.02. The molecule has 1 aliphatic carbocycles. The lowest BCUT2D eigenvalue weighted by Crippen LogP contribution is -2.40. The molecule has 0 aliphatic heterocycles. The third-order valence-corrected chi connectivity index (χ3v) is 4.63. The van der Waals surface area contributed by atoms with Gasteiger partial charge in [0, 0.05) is 18.6 Å². The first kappa shape index (κ1) is 16.7. The minimum atomic E-state index is -0.340. The van der Waals surface area contributed by atoms with Gasteiger partial charge in [-0.15, -0.1) is 0 Å². The third kappa shape index (κ3) is 3.82. The lowest BCUT2D eigenvalue weighted by atomic mass is 9.94. The second-order valence-corrected chi connectivity index (χ2v) is 6.55. The topological polar surface area (TPSA) is 46.3 Å². The normalized spacial score (nSPS) is 16.5. The molecule has 2 aromatic carbocycles. The fourth-order valence-electron chi connectivity index (χ4n) is 2.98. The minimum absolute atomic E-state index is 0.0399. The molecule has 1 fully saturated rings. The van der Waals surface area contributed by atoms with Gasteiger partial charge in [-0.25, -0.2) is 4.39 Å². The summed E-state index contributed by atoms with van der Waals surface area (Å²) in [6, 6.07) is 16.0. The smallest absolute Gasteiger partial charge is 0.227 e. The number of rotatable bonds is 6. The van der Waals surface area contributed by atoms with Crippen molar-refractivity contribution in [2.45, 2.75) is 38.4 Å². The summed E-state index contributed by atoms with van der Waals surface area (Å²) >= 11 is 0. The largest absolute Gasteiger partial charge is 0.335 e. The monoisotopic (exact) mass is 326 g/mol. The number of amides is 1. The van der Waals surface area contributed by atoms with Gasteiger partial charge >= 0.3 is 0 Å². The Kier molecular flexibility index (Phi) is 4.95. The van der Waals surface area contributed by atoms with Crippen molar-refractivity contribution in [1.82, 2.24) is 4.90 Å². The Labute approximate surface area is 142 Å². The Hall–Kier alpha value is -2.20. The molecule has 1 aliphatic rings. The van der Waals surface area contributed by atoms with Gasteiger partial charge in [-0.2, -0.15) is 0 Å². The molecule has 2 N–H and O–H groups in total. The van der Waals surface area contributed by atoms with Crippen LogP contribution in [0.2, 0.25) is 0 Å². The Morgan fingerprint density at radius 1 is 1.21 bits per heavy atom. The molecule has 24 heavy (non-hydrogen) atoms. The van der Waals surface area contributed by atoms with Crippen LogP contribution in [0.1, 0.15) is 36.9 Å². The standard InChI is InChI=1S/C20H23FN2O/c1-14(19(22)16-7-3-2-4-8-16)20(24)23(18-10-11-18)13-15-6-5-9-17(21)12-15/h2-9,12,14,18-19H,10-11,13,22H2,1H3. The Balaban J connectivity index is 1.74. The van der Waals surface area contributed by atoms with Crippen molar-refractivity contribution < 1.29 is 9.18 Å². The molecule has 2 aromatic rings. The Bertz CT molecular complexity index is 700. The van der Waals surface area contributed by atoms with Crippen LogP contribution in [0.3, 0.4) is 0 Å². The number of benzene rings is 2. The van der Waals surface area contributed by atoms with E-state index in [1.165, 1.54) is 12.1 Å². The fourth-order valence-corrected chi connectivity index (χ4v) is 2.98. The molecule has 0 spiro atoms. The molecule has 2 atom stereocenters. The summed E-state index contributed by atoms with van der Waals surface area (Å²) in [6.45, 7) is 2.31. The molecule has 1 amide bonds. The molecule has 1 saturated carbocycles. The van der Waals surface area contributed by atoms with Crippen molar-refractivity contribution in [3.63, 3.8) is 0 Å². The molecule has 0 radical (unpaired) electrons. The molecule has 0 aromatic heterocycles. The van der Waals surface area contributed by atoms with Crippen LogP contribution >= 0.6 is 0 Å². The average molecular weight is 326 g/mol. The Morgan fingerprint density at radius 3 is 2.54 bits per heavy atom. The van der Waals surface area contributed by atoms with Gasteiger partial charge in [0.15, 0.2) is 0 Å². The second kappa shape index (κ2) is 7.14. The summed E-state index contributed by atoms with van der Waals surface area (Å²) in [7, 11) is 0. The molecule has 0 bridgehead atoms. The molecule has 0 saturated heterocycles. The SMILES string of the molecule is CC(C(=O)N(Cc1cccc(F)c1)C1CC1)C(N)c1ccccc1. The van der Waals surface area contributed by atoms with Gasteiger partial charge in [-0.1, -0.05) is 49.4 Å². The average Bonchev–Trinajstić information content (AvgIpc) is 3.43. The Morgan fingerprint density at radius 2 is 1.92 bits per heavy atom. The number of hydrogen-bond donors (Lipinski definition) is 1. The van der Waals surface area contributed by atoms with E-state index < -0.39 is 0 Å². The number of halogens is 1. The first-order valence-electron chi connectivity index (χ1n) is 8.41. The van der Waals surface area contributed by atoms with Gasteiger partial charge in [0.25, 0.3) is 0 Å². The maximum absolute atomic E-state index is 13.4. The zero-order chi connectivity index (χ0) is 17.1. The van der Waals surface area contributed by atoms with Crippen LogP contribution in [0.25, 0.3) is 0 Å². The van der Waals surface area contributed by atoms with Gasteiger partial charge in [0.05, 0.1) is 5.92 Å². The highest BCUT2D eigenvalue weighted by atomic mass is 19.1. The quantitative estimate of drug-likeness (QED) is 0.881. The highest BCUT2D eigenvalue weighted by Gasteiger charge is 2.36. The number of nitrogens with zero attached hydrogens (tertiary/aromatic N) is 1. The van der Waals surface area contributed by atoms with E-state index >= 15 is 0 Å². The summed E-state index contributed by atoms with van der Waals surface area (Å²) in [5.74, 6) is -0.551. The van der Waals surface area contributed by atoms with Crippen LogP contribution in [0.5, 0.6) is 0 Å². The van der Waals surface area contributed by atoms with E-state index in [0.717, 1.165) is 24.0 Å². The van der Waals surface area contributed by atoms with Gasteiger partial charge in [-0.05, 0) is 36.1 Å². The summed E-state index contributed by atoms with van der Waals surface area (Å²) < 4.78 is 13.4. The van der Waals surface area contributed by atoms with E-state index in [9.17, 15) is 9.18 Å². The third-order valence-electron chi connectivity index (χ3n) is 4.63. The van der Waals surface area contributed by atoms with Crippen LogP contribution in [-0.4, -0.2) is 16.8 Å². The van der Waals surface area contributed by atoms with Crippen molar-refractivity contribution in [1.29, 1.82) is 0 Å². The molecular weight excluding hydrogens is 303 g/mol. The van der Waals surface area contributed by atoms with Crippen LogP contribution in [0.4, 0.5) is 4.39 Å². The molecule has 126 valence electrons. The predicted molar refractivity (Wildman–Crippen MR) is 92.5 cm³/mol. The van der Waals surface area contributed by atoms with E-state index in [2.05, 4.69) is 0 Å². The van der Waals surface area contributed by atoms with Gasteiger partial charge in [0.2, 0.25) is 5.91 Å². The van der Waals surface area contributed by atoms with E-state index in [-0.39, 0.29) is 29.7 Å². The molecular formula is C20H23FN2O. The zero-order valence-electron chi connectivity index (χ0n) is 13.9. The molecule has 3 rings (SSSR count). The first-order valence-corrected chi connectivity index (χ1v) is 8.41. The zero-order valence-corrected chi connectivity index (χ0v) is 13.9. The predicted octanol–water partition coefficient (Wildman–Crippen LogP) is 3.65. The van der Waals surface area contributed by atoms with Crippen LogP contribution < -0.4 is 5.73 Å². The van der Waals surface area contributed by atoms with Crippen LogP contribution in [-0.2, 0) is 11.3 Å². The van der Waals surface area contributed by atoms with E-state index in [4.69, 9.17) is 5.73 Å². The van der Waals surface area contributed by atoms with Gasteiger partial charge in [-0.3, -0.25) is 4.79 Å². The highest BCUT2D eigenvalue weighted by Crippen LogP contribution is 2.32. The molecule has 4 heteroatoms. The van der Waals surface area contributed by atoms with Crippen LogP contribution in [0, 0.1) is 11.7 Å². The number of nitrogens with two attached hydrogens (primary N) is 1. The maximum Gasteiger partial charge on any atom is 0.227 e. The summed E-state index contributed by atoms with van der Waals surface area (Å²) in [4.78, 5) is 14.8. The van der Waals surface area contributed by atoms with E-state index in [1.807, 2.05) is 48.2 Å². The fraction of sp³-hybridized carbons (Fsp3) is 0.350.